The zero-order valence-electron chi connectivity index (χ0n) is 16.1. The number of fused-ring (bicyclic) bond motifs is 3. The molecule has 0 fully saturated rings. The van der Waals surface area contributed by atoms with Gasteiger partial charge in [0.05, 0.1) is 6.04 Å². The van der Waals surface area contributed by atoms with Crippen molar-refractivity contribution in [3.8, 4) is 0 Å². The summed E-state index contributed by atoms with van der Waals surface area (Å²) < 4.78 is 0. The van der Waals surface area contributed by atoms with E-state index in [4.69, 9.17) is 11.6 Å². The molecule has 0 radical (unpaired) electrons. The van der Waals surface area contributed by atoms with Gasteiger partial charge >= 0.3 is 0 Å². The summed E-state index contributed by atoms with van der Waals surface area (Å²) in [5.74, 6) is 0.0297. The van der Waals surface area contributed by atoms with Gasteiger partial charge in [0, 0.05) is 59.4 Å². The molecule has 4 rings (SSSR count). The molecule has 1 amide bonds. The number of rotatable bonds is 5. The van der Waals surface area contributed by atoms with Crippen LogP contribution in [0.15, 0.2) is 36.8 Å². The first-order valence-corrected chi connectivity index (χ1v) is 9.91. The molecule has 3 heterocycles. The summed E-state index contributed by atoms with van der Waals surface area (Å²) in [5.41, 5.74) is 4.57. The maximum atomic E-state index is 12.2. The summed E-state index contributed by atoms with van der Waals surface area (Å²) in [6.07, 6.45) is 5.47. The molecule has 1 aliphatic rings. The van der Waals surface area contributed by atoms with Crippen molar-refractivity contribution in [3.05, 3.63) is 58.8 Å². The average molecular weight is 398 g/mol. The number of halogens is 1. The topological polar surface area (TPSA) is 73.9 Å². The highest BCUT2D eigenvalue weighted by atomic mass is 35.5. The molecule has 0 saturated carbocycles. The van der Waals surface area contributed by atoms with Crippen LogP contribution in [0.25, 0.3) is 10.9 Å². The molecule has 3 aromatic rings. The molecule has 0 saturated heterocycles. The van der Waals surface area contributed by atoms with Crippen LogP contribution < -0.4 is 5.32 Å². The number of hydrogen-bond acceptors (Lipinski definition) is 4. The lowest BCUT2D eigenvalue weighted by Crippen LogP contribution is -2.34. The third-order valence-corrected chi connectivity index (χ3v) is 5.96. The fraction of sp³-hybridized carbons (Fsp3) is 0.381. The molecule has 1 aliphatic heterocycles. The Morgan fingerprint density at radius 2 is 2.29 bits per heavy atom. The van der Waals surface area contributed by atoms with Crippen molar-refractivity contribution in [2.45, 2.75) is 31.2 Å². The second-order valence-corrected chi connectivity index (χ2v) is 7.83. The van der Waals surface area contributed by atoms with Crippen LogP contribution in [0.2, 0.25) is 5.02 Å². The summed E-state index contributed by atoms with van der Waals surface area (Å²) in [4.78, 5) is 26.6. The number of benzene rings is 1. The molecule has 146 valence electrons. The normalized spacial score (nSPS) is 18.0. The van der Waals surface area contributed by atoms with Gasteiger partial charge in [0.1, 0.15) is 6.33 Å². The van der Waals surface area contributed by atoms with Crippen LogP contribution in [0, 0.1) is 0 Å². The molecule has 2 N–H and O–H groups in total. The summed E-state index contributed by atoms with van der Waals surface area (Å²) in [5, 5.41) is 4.69. The van der Waals surface area contributed by atoms with Gasteiger partial charge in [0.25, 0.3) is 0 Å². The molecule has 2 aromatic heterocycles. The van der Waals surface area contributed by atoms with Crippen molar-refractivity contribution >= 4 is 28.4 Å². The molecule has 28 heavy (non-hydrogen) atoms. The van der Waals surface area contributed by atoms with Gasteiger partial charge in [0.15, 0.2) is 0 Å². The number of likely N-dealkylation sites (N-methyl/N-ethyl adjacent to an activating group) is 1. The van der Waals surface area contributed by atoms with Crippen molar-refractivity contribution in [2.24, 2.45) is 0 Å². The van der Waals surface area contributed by atoms with E-state index >= 15 is 0 Å². The summed E-state index contributed by atoms with van der Waals surface area (Å²) in [7, 11) is 3.81. The lowest BCUT2D eigenvalue weighted by molar-refractivity contribution is -0.121. The number of nitrogens with one attached hydrogen (secondary N) is 2. The predicted octanol–water partition coefficient (Wildman–Crippen LogP) is 3.45. The van der Waals surface area contributed by atoms with Crippen LogP contribution in [0.4, 0.5) is 0 Å². The average Bonchev–Trinajstić information content (AvgIpc) is 3.07. The maximum absolute atomic E-state index is 12.2. The Labute approximate surface area is 169 Å². The Balaban J connectivity index is 1.71. The number of nitrogens with zero attached hydrogens (tertiary/aromatic N) is 3. The Kier molecular flexibility index (Phi) is 5.33. The minimum atomic E-state index is 0.0105. The van der Waals surface area contributed by atoms with Crippen LogP contribution in [-0.2, 0) is 11.2 Å². The number of aromatic nitrogens is 3. The van der Waals surface area contributed by atoms with Crippen LogP contribution in [-0.4, -0.2) is 46.4 Å². The van der Waals surface area contributed by atoms with Gasteiger partial charge in [-0.05, 0) is 49.7 Å². The van der Waals surface area contributed by atoms with E-state index in [0.717, 1.165) is 35.6 Å². The third kappa shape index (κ3) is 3.62. The smallest absolute Gasteiger partial charge is 0.220 e. The summed E-state index contributed by atoms with van der Waals surface area (Å²) >= 11 is 6.24. The number of hydrogen-bond donors (Lipinski definition) is 2. The maximum Gasteiger partial charge on any atom is 0.220 e. The van der Waals surface area contributed by atoms with Gasteiger partial charge in [-0.3, -0.25) is 9.69 Å². The molecular formula is C21H24ClN5O. The molecule has 0 spiro atoms. The van der Waals surface area contributed by atoms with Crippen molar-refractivity contribution in [2.75, 3.05) is 20.6 Å². The second kappa shape index (κ2) is 7.89. The van der Waals surface area contributed by atoms with Gasteiger partial charge in [-0.15, -0.1) is 0 Å². The van der Waals surface area contributed by atoms with Gasteiger partial charge in [-0.2, -0.15) is 0 Å². The van der Waals surface area contributed by atoms with E-state index in [1.165, 1.54) is 16.6 Å². The Hall–Kier alpha value is -2.44. The minimum Gasteiger partial charge on any atom is -0.359 e. The van der Waals surface area contributed by atoms with Crippen molar-refractivity contribution < 1.29 is 4.79 Å². The number of carbonyl (C=O) groups is 1. The van der Waals surface area contributed by atoms with E-state index in [1.54, 1.807) is 19.6 Å². The van der Waals surface area contributed by atoms with Gasteiger partial charge in [-0.25, -0.2) is 9.97 Å². The molecule has 0 aliphatic carbocycles. The van der Waals surface area contributed by atoms with Crippen LogP contribution in [0.5, 0.6) is 0 Å². The Morgan fingerprint density at radius 1 is 1.43 bits per heavy atom. The fourth-order valence-corrected chi connectivity index (χ4v) is 4.38. The number of amides is 1. The lowest BCUT2D eigenvalue weighted by Gasteiger charge is -2.35. The monoisotopic (exact) mass is 397 g/mol. The van der Waals surface area contributed by atoms with Crippen LogP contribution in [0.3, 0.4) is 0 Å². The SMILES string of the molecule is CNC(=O)CC(CC1c2[nH]c3ccc(Cl)cc3c2CCN1C)c1ccncn1. The van der Waals surface area contributed by atoms with Gasteiger partial charge < -0.3 is 10.3 Å². The van der Waals surface area contributed by atoms with Crippen molar-refractivity contribution in [3.63, 3.8) is 0 Å². The summed E-state index contributed by atoms with van der Waals surface area (Å²) in [6.45, 7) is 0.966. The Bertz CT molecular complexity index is 987. The zero-order valence-corrected chi connectivity index (χ0v) is 16.8. The molecule has 7 heteroatoms. The van der Waals surface area contributed by atoms with Crippen LogP contribution >= 0.6 is 11.6 Å². The molecule has 6 nitrogen and oxygen atoms in total. The first kappa shape index (κ1) is 18.9. The van der Waals surface area contributed by atoms with E-state index in [0.29, 0.717) is 6.42 Å². The predicted molar refractivity (Wildman–Crippen MR) is 110 cm³/mol. The third-order valence-electron chi connectivity index (χ3n) is 5.72. The van der Waals surface area contributed by atoms with Crippen molar-refractivity contribution in [1.82, 2.24) is 25.2 Å². The highest BCUT2D eigenvalue weighted by Crippen LogP contribution is 2.40. The number of carbonyl (C=O) groups excluding carboxylic acids is 1. The quantitative estimate of drug-likeness (QED) is 0.691. The molecule has 2 unspecified atom stereocenters. The highest BCUT2D eigenvalue weighted by Gasteiger charge is 2.31. The molecule has 0 bridgehead atoms. The second-order valence-electron chi connectivity index (χ2n) is 7.40. The molecule has 1 aromatic carbocycles. The first-order valence-electron chi connectivity index (χ1n) is 9.53. The molecule has 2 atom stereocenters. The van der Waals surface area contributed by atoms with E-state index in [9.17, 15) is 4.79 Å². The number of H-pyrrole nitrogens is 1. The molecular weight excluding hydrogens is 374 g/mol. The van der Waals surface area contributed by atoms with Gasteiger partial charge in [0.2, 0.25) is 5.91 Å². The first-order chi connectivity index (χ1) is 13.6. The summed E-state index contributed by atoms with van der Waals surface area (Å²) in [6, 6.07) is 8.09. The highest BCUT2D eigenvalue weighted by molar-refractivity contribution is 6.31. The van der Waals surface area contributed by atoms with Crippen LogP contribution in [0.1, 0.15) is 41.8 Å². The number of aromatic amines is 1. The largest absolute Gasteiger partial charge is 0.359 e. The zero-order chi connectivity index (χ0) is 19.7. The van der Waals surface area contributed by atoms with Crippen molar-refractivity contribution in [1.29, 1.82) is 0 Å². The Morgan fingerprint density at radius 3 is 3.04 bits per heavy atom. The standard InChI is InChI=1S/C21H24ClN5O/c1-23-20(28)10-13(17-5-7-24-12-25-17)9-19-21-15(6-8-27(19)2)16-11-14(22)3-4-18(16)26-21/h3-5,7,11-13,19,26H,6,8-10H2,1-2H3,(H,23,28). The van der Waals surface area contributed by atoms with Gasteiger partial charge in [-0.1, -0.05) is 11.6 Å². The van der Waals surface area contributed by atoms with E-state index in [2.05, 4.69) is 32.2 Å². The lowest BCUT2D eigenvalue weighted by atomic mass is 9.87. The fourth-order valence-electron chi connectivity index (χ4n) is 4.20. The van der Waals surface area contributed by atoms with E-state index in [1.807, 2.05) is 24.3 Å². The van der Waals surface area contributed by atoms with E-state index in [-0.39, 0.29) is 17.9 Å². The van der Waals surface area contributed by atoms with E-state index < -0.39 is 0 Å². The minimum absolute atomic E-state index is 0.0105.